The van der Waals surface area contributed by atoms with Crippen LogP contribution in [0.3, 0.4) is 0 Å². The smallest absolute Gasteiger partial charge is 0.191 e. The molecule has 3 aromatic rings. The summed E-state index contributed by atoms with van der Waals surface area (Å²) in [5.74, 6) is 1.85. The summed E-state index contributed by atoms with van der Waals surface area (Å²) in [6.07, 6.45) is 2.91. The topological polar surface area (TPSA) is 135 Å². The van der Waals surface area contributed by atoms with Crippen LogP contribution >= 0.6 is 24.0 Å². The average molecular weight is 534 g/mol. The molecule has 0 spiro atoms. The van der Waals surface area contributed by atoms with Crippen LogP contribution in [0, 0.1) is 11.3 Å². The van der Waals surface area contributed by atoms with Crippen molar-refractivity contribution in [2.45, 2.75) is 26.3 Å². The normalized spacial score (nSPS) is 10.9. The van der Waals surface area contributed by atoms with Gasteiger partial charge in [0.15, 0.2) is 5.96 Å². The van der Waals surface area contributed by atoms with E-state index in [1.165, 1.54) is 6.33 Å². The molecule has 164 valence electrons. The highest BCUT2D eigenvalue weighted by Crippen LogP contribution is 2.21. The van der Waals surface area contributed by atoms with Gasteiger partial charge in [0.25, 0.3) is 0 Å². The van der Waals surface area contributed by atoms with Gasteiger partial charge in [0, 0.05) is 20.1 Å². The maximum Gasteiger partial charge on any atom is 0.191 e. The zero-order valence-corrected chi connectivity index (χ0v) is 19.9. The van der Waals surface area contributed by atoms with E-state index in [4.69, 9.17) is 5.73 Å². The monoisotopic (exact) mass is 534 g/mol. The molecule has 0 amide bonds. The molecule has 10 nitrogen and oxygen atoms in total. The highest BCUT2D eigenvalue weighted by Gasteiger charge is 2.16. The van der Waals surface area contributed by atoms with Crippen LogP contribution < -0.4 is 16.4 Å². The molecule has 0 fully saturated rings. The van der Waals surface area contributed by atoms with Crippen LogP contribution in [0.1, 0.15) is 30.4 Å². The molecule has 0 unspecified atom stereocenters. The van der Waals surface area contributed by atoms with Crippen LogP contribution in [0.4, 0.5) is 5.82 Å². The predicted octanol–water partition coefficient (Wildman–Crippen LogP) is 1.76. The second kappa shape index (κ2) is 11.9. The molecule has 2 aromatic heterocycles. The minimum Gasteiger partial charge on any atom is -0.382 e. The number of aromatic nitrogens is 5. The Morgan fingerprint density at radius 2 is 2.03 bits per heavy atom. The van der Waals surface area contributed by atoms with Crippen molar-refractivity contribution in [2.24, 2.45) is 12.0 Å². The molecule has 3 rings (SSSR count). The highest BCUT2D eigenvalue weighted by molar-refractivity contribution is 14.0. The number of halogens is 1. The van der Waals surface area contributed by atoms with Crippen molar-refractivity contribution in [2.75, 3.05) is 18.8 Å². The number of hydrogen-bond donors (Lipinski definition) is 3. The van der Waals surface area contributed by atoms with Gasteiger partial charge in [-0.25, -0.2) is 14.7 Å². The van der Waals surface area contributed by atoms with E-state index >= 15 is 0 Å². The first-order chi connectivity index (χ1) is 14.6. The van der Waals surface area contributed by atoms with Crippen LogP contribution in [0.2, 0.25) is 0 Å². The molecule has 2 heterocycles. The fraction of sp³-hybridized carbons (Fsp3) is 0.350. The fourth-order valence-electron chi connectivity index (χ4n) is 2.96. The molecule has 4 N–H and O–H groups in total. The summed E-state index contributed by atoms with van der Waals surface area (Å²) in [6.45, 7) is 3.87. The number of nitrogens with zero attached hydrogens (tertiary/aromatic N) is 7. The third kappa shape index (κ3) is 6.17. The van der Waals surface area contributed by atoms with Gasteiger partial charge >= 0.3 is 0 Å². The summed E-state index contributed by atoms with van der Waals surface area (Å²) in [5, 5.41) is 24.6. The van der Waals surface area contributed by atoms with Crippen molar-refractivity contribution in [3.63, 3.8) is 0 Å². The summed E-state index contributed by atoms with van der Waals surface area (Å²) in [7, 11) is 1.84. The maximum absolute atomic E-state index is 9.52. The van der Waals surface area contributed by atoms with Gasteiger partial charge in [-0.1, -0.05) is 18.2 Å². The number of benzene rings is 1. The first kappa shape index (κ1) is 24.1. The van der Waals surface area contributed by atoms with Gasteiger partial charge < -0.3 is 16.4 Å². The molecular formula is C20H27IN10. The van der Waals surface area contributed by atoms with E-state index in [1.807, 2.05) is 44.3 Å². The lowest BCUT2D eigenvalue weighted by atomic mass is 10.1. The molecule has 0 saturated carbocycles. The molecule has 0 aliphatic heterocycles. The number of para-hydroxylation sites is 1. The minimum absolute atomic E-state index is 0. The number of aryl methyl sites for hydroxylation is 2. The van der Waals surface area contributed by atoms with Gasteiger partial charge in [-0.05, 0) is 31.9 Å². The molecule has 31 heavy (non-hydrogen) atoms. The van der Waals surface area contributed by atoms with Gasteiger partial charge in [0.1, 0.15) is 36.1 Å². The standard InChI is InChI=1S/C20H26N10.HI/c1-3-23-20(25-13-18-26-14-27-29(18)2)24-11-7-10-17-16(12-21)19(22)30(28-17)15-8-5-4-6-9-15;/h4-6,8-9,14H,3,7,10-11,13,22H2,1-2H3,(H2,23,24,25);1H. The molecule has 0 saturated heterocycles. The zero-order valence-electron chi connectivity index (χ0n) is 17.6. The Balaban J connectivity index is 0.00000341. The molecular weight excluding hydrogens is 507 g/mol. The van der Waals surface area contributed by atoms with E-state index < -0.39 is 0 Å². The number of guanidine groups is 1. The van der Waals surface area contributed by atoms with E-state index in [1.54, 1.807) is 9.36 Å². The number of anilines is 1. The van der Waals surface area contributed by atoms with E-state index in [2.05, 4.69) is 36.9 Å². The zero-order chi connectivity index (χ0) is 21.3. The number of aliphatic imine (C=N–C) groups is 1. The second-order valence-corrected chi connectivity index (χ2v) is 6.59. The van der Waals surface area contributed by atoms with Gasteiger partial charge in [-0.2, -0.15) is 15.5 Å². The van der Waals surface area contributed by atoms with Crippen LogP contribution in [-0.4, -0.2) is 43.6 Å². The molecule has 0 aliphatic rings. The summed E-state index contributed by atoms with van der Waals surface area (Å²) in [6, 6.07) is 11.8. The Hall–Kier alpha value is -3.14. The number of nitrogens with two attached hydrogens (primary N) is 1. The number of hydrogen-bond acceptors (Lipinski definition) is 6. The van der Waals surface area contributed by atoms with Crippen molar-refractivity contribution >= 4 is 35.8 Å². The van der Waals surface area contributed by atoms with Crippen molar-refractivity contribution < 1.29 is 0 Å². The number of nitriles is 1. The average Bonchev–Trinajstić information content (AvgIpc) is 3.32. The lowest BCUT2D eigenvalue weighted by Crippen LogP contribution is -2.38. The number of rotatable bonds is 8. The first-order valence-corrected chi connectivity index (χ1v) is 9.82. The summed E-state index contributed by atoms with van der Waals surface area (Å²) >= 11 is 0. The van der Waals surface area contributed by atoms with Crippen molar-refractivity contribution in [1.82, 2.24) is 35.2 Å². The van der Waals surface area contributed by atoms with Crippen LogP contribution in [0.15, 0.2) is 41.7 Å². The molecule has 0 atom stereocenters. The number of nitrogen functional groups attached to an aromatic ring is 1. The predicted molar refractivity (Wildman–Crippen MR) is 130 cm³/mol. The lowest BCUT2D eigenvalue weighted by molar-refractivity contribution is 0.692. The Morgan fingerprint density at radius 1 is 1.26 bits per heavy atom. The molecule has 0 bridgehead atoms. The lowest BCUT2D eigenvalue weighted by Gasteiger charge is -2.10. The quantitative estimate of drug-likeness (QED) is 0.174. The summed E-state index contributed by atoms with van der Waals surface area (Å²) in [4.78, 5) is 8.71. The minimum atomic E-state index is 0. The van der Waals surface area contributed by atoms with Crippen LogP contribution in [0.25, 0.3) is 5.69 Å². The van der Waals surface area contributed by atoms with E-state index in [9.17, 15) is 5.26 Å². The Labute approximate surface area is 198 Å². The van der Waals surface area contributed by atoms with Gasteiger partial charge in [-0.15, -0.1) is 24.0 Å². The van der Waals surface area contributed by atoms with Gasteiger partial charge in [-0.3, -0.25) is 4.68 Å². The summed E-state index contributed by atoms with van der Waals surface area (Å²) < 4.78 is 3.32. The van der Waals surface area contributed by atoms with E-state index in [-0.39, 0.29) is 24.0 Å². The number of nitrogens with one attached hydrogen (secondary N) is 2. The van der Waals surface area contributed by atoms with E-state index in [0.717, 1.165) is 24.5 Å². The SMILES string of the molecule is CCNC(=NCc1ncnn1C)NCCCc1nn(-c2ccccc2)c(N)c1C#N.I. The van der Waals surface area contributed by atoms with Gasteiger partial charge in [0.05, 0.1) is 11.4 Å². The van der Waals surface area contributed by atoms with Crippen LogP contribution in [-0.2, 0) is 20.0 Å². The highest BCUT2D eigenvalue weighted by atomic mass is 127. The molecule has 11 heteroatoms. The second-order valence-electron chi connectivity index (χ2n) is 6.59. The Kier molecular flexibility index (Phi) is 9.26. The third-order valence-corrected chi connectivity index (χ3v) is 4.52. The third-order valence-electron chi connectivity index (χ3n) is 4.52. The molecule has 0 aliphatic carbocycles. The van der Waals surface area contributed by atoms with Crippen molar-refractivity contribution in [1.29, 1.82) is 5.26 Å². The summed E-state index contributed by atoms with van der Waals surface area (Å²) in [5.41, 5.74) is 8.12. The maximum atomic E-state index is 9.52. The van der Waals surface area contributed by atoms with Crippen molar-refractivity contribution in [3.8, 4) is 11.8 Å². The van der Waals surface area contributed by atoms with Gasteiger partial charge in [0.2, 0.25) is 0 Å². The largest absolute Gasteiger partial charge is 0.382 e. The van der Waals surface area contributed by atoms with Crippen molar-refractivity contribution in [3.05, 3.63) is 53.7 Å². The fourth-order valence-corrected chi connectivity index (χ4v) is 2.96. The first-order valence-electron chi connectivity index (χ1n) is 9.82. The molecule has 1 aromatic carbocycles. The molecule has 0 radical (unpaired) electrons. The Bertz CT molecular complexity index is 1030. The van der Waals surface area contributed by atoms with E-state index in [0.29, 0.717) is 42.5 Å². The van der Waals surface area contributed by atoms with Crippen LogP contribution in [0.5, 0.6) is 0 Å². The Morgan fingerprint density at radius 3 is 2.68 bits per heavy atom.